The number of ether oxygens (including phenoxy) is 1. The predicted octanol–water partition coefficient (Wildman–Crippen LogP) is 1.65. The molecular formula is C13H19N3O3. The Morgan fingerprint density at radius 1 is 1.47 bits per heavy atom. The van der Waals surface area contributed by atoms with Crippen molar-refractivity contribution in [1.82, 2.24) is 0 Å². The largest absolute Gasteiger partial charge is 0.497 e. The Kier molecular flexibility index (Phi) is 5.17. The van der Waals surface area contributed by atoms with Gasteiger partial charge in [0.15, 0.2) is 5.84 Å². The van der Waals surface area contributed by atoms with Crippen molar-refractivity contribution in [2.75, 3.05) is 12.4 Å². The van der Waals surface area contributed by atoms with E-state index in [1.165, 1.54) is 0 Å². The first kappa shape index (κ1) is 14.8. The van der Waals surface area contributed by atoms with Crippen LogP contribution in [0.4, 0.5) is 5.69 Å². The van der Waals surface area contributed by atoms with Crippen LogP contribution in [0, 0.1) is 11.8 Å². The summed E-state index contributed by atoms with van der Waals surface area (Å²) in [6, 6.07) is 6.98. The van der Waals surface area contributed by atoms with Crippen molar-refractivity contribution in [2.45, 2.75) is 13.8 Å². The smallest absolute Gasteiger partial charge is 0.235 e. The van der Waals surface area contributed by atoms with E-state index in [1.54, 1.807) is 31.4 Å². The third-order valence-corrected chi connectivity index (χ3v) is 2.72. The normalized spacial score (nSPS) is 13.2. The molecule has 1 unspecified atom stereocenters. The number of amidine groups is 1. The number of oxime groups is 1. The van der Waals surface area contributed by atoms with Gasteiger partial charge in [-0.05, 0) is 18.1 Å². The number of rotatable bonds is 5. The fourth-order valence-corrected chi connectivity index (χ4v) is 1.76. The van der Waals surface area contributed by atoms with Crippen molar-refractivity contribution < 1.29 is 14.7 Å². The van der Waals surface area contributed by atoms with Gasteiger partial charge in [-0.15, -0.1) is 0 Å². The van der Waals surface area contributed by atoms with Crippen LogP contribution in [-0.2, 0) is 4.79 Å². The zero-order chi connectivity index (χ0) is 14.4. The van der Waals surface area contributed by atoms with Gasteiger partial charge in [0.25, 0.3) is 0 Å². The highest BCUT2D eigenvalue weighted by Gasteiger charge is 2.26. The highest BCUT2D eigenvalue weighted by Crippen LogP contribution is 2.19. The summed E-state index contributed by atoms with van der Waals surface area (Å²) in [7, 11) is 1.55. The minimum Gasteiger partial charge on any atom is -0.497 e. The number of nitrogens with zero attached hydrogens (tertiary/aromatic N) is 1. The number of nitrogens with one attached hydrogen (secondary N) is 1. The second-order valence-corrected chi connectivity index (χ2v) is 4.47. The Balaban J connectivity index is 2.87. The Labute approximate surface area is 112 Å². The molecule has 0 aliphatic rings. The number of methoxy groups -OCH3 is 1. The monoisotopic (exact) mass is 265 g/mol. The van der Waals surface area contributed by atoms with E-state index < -0.39 is 5.92 Å². The van der Waals surface area contributed by atoms with Crippen LogP contribution < -0.4 is 15.8 Å². The molecule has 0 radical (unpaired) electrons. The summed E-state index contributed by atoms with van der Waals surface area (Å²) < 4.78 is 5.07. The molecule has 0 aliphatic heterocycles. The van der Waals surface area contributed by atoms with Gasteiger partial charge in [-0.25, -0.2) is 0 Å². The van der Waals surface area contributed by atoms with Crippen molar-refractivity contribution >= 4 is 17.4 Å². The van der Waals surface area contributed by atoms with Crippen LogP contribution in [0.3, 0.4) is 0 Å². The average molecular weight is 265 g/mol. The first-order valence-corrected chi connectivity index (χ1v) is 5.92. The molecule has 0 spiro atoms. The van der Waals surface area contributed by atoms with E-state index in [4.69, 9.17) is 15.7 Å². The second-order valence-electron chi connectivity index (χ2n) is 4.47. The van der Waals surface area contributed by atoms with Gasteiger partial charge in [0.1, 0.15) is 11.7 Å². The van der Waals surface area contributed by atoms with Crippen LogP contribution >= 0.6 is 0 Å². The van der Waals surface area contributed by atoms with Crippen LogP contribution in [-0.4, -0.2) is 24.1 Å². The van der Waals surface area contributed by atoms with Crippen LogP contribution in [0.15, 0.2) is 29.4 Å². The molecule has 4 N–H and O–H groups in total. The van der Waals surface area contributed by atoms with E-state index in [1.807, 2.05) is 13.8 Å². The summed E-state index contributed by atoms with van der Waals surface area (Å²) >= 11 is 0. The molecule has 0 aliphatic carbocycles. The van der Waals surface area contributed by atoms with Gasteiger partial charge in [0.2, 0.25) is 5.91 Å². The molecule has 1 rings (SSSR count). The molecule has 1 atom stereocenters. The molecule has 19 heavy (non-hydrogen) atoms. The summed E-state index contributed by atoms with van der Waals surface area (Å²) in [5.41, 5.74) is 6.14. The summed E-state index contributed by atoms with van der Waals surface area (Å²) in [5, 5.41) is 14.4. The quantitative estimate of drug-likeness (QED) is 0.326. The number of amides is 1. The van der Waals surface area contributed by atoms with Crippen molar-refractivity contribution in [3.63, 3.8) is 0 Å². The van der Waals surface area contributed by atoms with Crippen molar-refractivity contribution in [3.8, 4) is 5.75 Å². The Morgan fingerprint density at radius 3 is 2.68 bits per heavy atom. The number of carbonyl (C=O) groups excluding carboxylic acids is 1. The molecule has 0 saturated heterocycles. The SMILES string of the molecule is COc1cccc(NC(=O)C(C(N)=NO)C(C)C)c1. The standard InChI is InChI=1S/C13H19N3O3/c1-8(2)11(12(14)16-18)13(17)15-9-5-4-6-10(7-9)19-3/h4-8,11,18H,1-3H3,(H2,14,16)(H,15,17). The van der Waals surface area contributed by atoms with E-state index in [0.29, 0.717) is 11.4 Å². The van der Waals surface area contributed by atoms with E-state index in [0.717, 1.165) is 0 Å². The number of nitrogens with two attached hydrogens (primary N) is 1. The van der Waals surface area contributed by atoms with E-state index in [2.05, 4.69) is 10.5 Å². The summed E-state index contributed by atoms with van der Waals surface area (Å²) in [4.78, 5) is 12.1. The van der Waals surface area contributed by atoms with E-state index in [9.17, 15) is 4.79 Å². The molecule has 0 bridgehead atoms. The number of benzene rings is 1. The van der Waals surface area contributed by atoms with Crippen molar-refractivity contribution in [3.05, 3.63) is 24.3 Å². The minimum absolute atomic E-state index is 0.0819. The molecule has 0 fully saturated rings. The van der Waals surface area contributed by atoms with Crippen LogP contribution in [0.1, 0.15) is 13.8 Å². The third-order valence-electron chi connectivity index (χ3n) is 2.72. The van der Waals surface area contributed by atoms with Crippen molar-refractivity contribution in [2.24, 2.45) is 22.7 Å². The number of hydrogen-bond acceptors (Lipinski definition) is 4. The lowest BCUT2D eigenvalue weighted by molar-refractivity contribution is -0.119. The Hall–Kier alpha value is -2.24. The Morgan fingerprint density at radius 2 is 2.16 bits per heavy atom. The fourth-order valence-electron chi connectivity index (χ4n) is 1.76. The molecule has 6 heteroatoms. The third kappa shape index (κ3) is 3.87. The maximum Gasteiger partial charge on any atom is 0.235 e. The highest BCUT2D eigenvalue weighted by atomic mass is 16.5. The minimum atomic E-state index is -0.684. The lowest BCUT2D eigenvalue weighted by Crippen LogP contribution is -2.38. The fraction of sp³-hybridized carbons (Fsp3) is 0.385. The second kappa shape index (κ2) is 6.63. The first-order chi connectivity index (χ1) is 8.99. The summed E-state index contributed by atoms with van der Waals surface area (Å²) in [5.74, 6) is -0.547. The van der Waals surface area contributed by atoms with E-state index in [-0.39, 0.29) is 17.7 Å². The van der Waals surface area contributed by atoms with Gasteiger partial charge in [-0.2, -0.15) is 0 Å². The highest BCUT2D eigenvalue weighted by molar-refractivity contribution is 6.07. The van der Waals surface area contributed by atoms with Crippen LogP contribution in [0.2, 0.25) is 0 Å². The van der Waals surface area contributed by atoms with Gasteiger partial charge in [-0.3, -0.25) is 4.79 Å². The zero-order valence-corrected chi connectivity index (χ0v) is 11.3. The summed E-state index contributed by atoms with van der Waals surface area (Å²) in [6.45, 7) is 3.65. The van der Waals surface area contributed by atoms with Gasteiger partial charge in [-0.1, -0.05) is 25.1 Å². The predicted molar refractivity (Wildman–Crippen MR) is 73.4 cm³/mol. The average Bonchev–Trinajstić information content (AvgIpc) is 2.38. The Bertz CT molecular complexity index is 472. The number of hydrogen-bond donors (Lipinski definition) is 3. The van der Waals surface area contributed by atoms with Gasteiger partial charge >= 0.3 is 0 Å². The zero-order valence-electron chi connectivity index (χ0n) is 11.3. The van der Waals surface area contributed by atoms with Crippen LogP contribution in [0.5, 0.6) is 5.75 Å². The van der Waals surface area contributed by atoms with Crippen molar-refractivity contribution in [1.29, 1.82) is 0 Å². The topological polar surface area (TPSA) is 96.9 Å². The molecule has 1 aromatic carbocycles. The summed E-state index contributed by atoms with van der Waals surface area (Å²) in [6.07, 6.45) is 0. The number of anilines is 1. The lowest BCUT2D eigenvalue weighted by Gasteiger charge is -2.18. The van der Waals surface area contributed by atoms with Gasteiger partial charge < -0.3 is 21.0 Å². The maximum atomic E-state index is 12.1. The molecule has 0 heterocycles. The molecule has 104 valence electrons. The van der Waals surface area contributed by atoms with E-state index >= 15 is 0 Å². The number of carbonyl (C=O) groups is 1. The lowest BCUT2D eigenvalue weighted by atomic mass is 9.94. The molecule has 1 amide bonds. The van der Waals surface area contributed by atoms with Gasteiger partial charge in [0, 0.05) is 11.8 Å². The maximum absolute atomic E-state index is 12.1. The first-order valence-electron chi connectivity index (χ1n) is 5.92. The molecule has 1 aromatic rings. The van der Waals surface area contributed by atoms with Gasteiger partial charge in [0.05, 0.1) is 7.11 Å². The molecule has 6 nitrogen and oxygen atoms in total. The van der Waals surface area contributed by atoms with Crippen LogP contribution in [0.25, 0.3) is 0 Å². The molecular weight excluding hydrogens is 246 g/mol. The molecule has 0 saturated carbocycles. The molecule has 0 aromatic heterocycles.